The summed E-state index contributed by atoms with van der Waals surface area (Å²) in [4.78, 5) is 11.9. The molecule has 124 valence electrons. The van der Waals surface area contributed by atoms with Crippen molar-refractivity contribution in [3.05, 3.63) is 35.9 Å². The monoisotopic (exact) mass is 323 g/mol. The zero-order chi connectivity index (χ0) is 16.4. The lowest BCUT2D eigenvalue weighted by Gasteiger charge is -2.26. The van der Waals surface area contributed by atoms with Crippen molar-refractivity contribution in [2.24, 2.45) is 11.7 Å². The van der Waals surface area contributed by atoms with Crippen LogP contribution >= 0.6 is 12.6 Å². The van der Waals surface area contributed by atoms with Crippen LogP contribution in [0.25, 0.3) is 0 Å². The Morgan fingerprint density at radius 3 is 2.59 bits per heavy atom. The lowest BCUT2D eigenvalue weighted by Crippen LogP contribution is -2.52. The van der Waals surface area contributed by atoms with Gasteiger partial charge in [-0.2, -0.15) is 12.6 Å². The Kier molecular flexibility index (Phi) is 9.20. The Labute approximate surface area is 139 Å². The number of carbonyl (C=O) groups excluding carboxylic acids is 1. The summed E-state index contributed by atoms with van der Waals surface area (Å²) in [7, 11) is 0. The quantitative estimate of drug-likeness (QED) is 0.391. The Morgan fingerprint density at radius 2 is 2.00 bits per heavy atom. The molecule has 1 aromatic rings. The van der Waals surface area contributed by atoms with E-state index in [0.29, 0.717) is 11.7 Å². The van der Waals surface area contributed by atoms with Crippen LogP contribution in [0.3, 0.4) is 0 Å². The van der Waals surface area contributed by atoms with Crippen molar-refractivity contribution in [1.29, 1.82) is 0 Å². The molecule has 0 heterocycles. The fourth-order valence-electron chi connectivity index (χ4n) is 2.19. The van der Waals surface area contributed by atoms with Gasteiger partial charge in [-0.1, -0.05) is 50.6 Å². The maximum atomic E-state index is 11.9. The first kappa shape index (κ1) is 19.0. The van der Waals surface area contributed by atoms with Crippen molar-refractivity contribution < 1.29 is 4.79 Å². The van der Waals surface area contributed by atoms with E-state index in [1.54, 1.807) is 0 Å². The van der Waals surface area contributed by atoms with Gasteiger partial charge in [-0.25, -0.2) is 0 Å². The van der Waals surface area contributed by atoms with Crippen LogP contribution in [0.1, 0.15) is 25.8 Å². The number of carbonyl (C=O) groups is 1. The highest BCUT2D eigenvalue weighted by atomic mass is 32.1. The van der Waals surface area contributed by atoms with E-state index in [0.717, 1.165) is 25.9 Å². The van der Waals surface area contributed by atoms with Crippen molar-refractivity contribution >= 4 is 18.5 Å². The van der Waals surface area contributed by atoms with Gasteiger partial charge in [0.1, 0.15) is 0 Å². The number of nitrogens with one attached hydrogen (secondary N) is 2. The van der Waals surface area contributed by atoms with Gasteiger partial charge in [-0.3, -0.25) is 4.79 Å². The Morgan fingerprint density at radius 1 is 1.32 bits per heavy atom. The molecular weight excluding hydrogens is 294 g/mol. The largest absolute Gasteiger partial charge is 0.350 e. The van der Waals surface area contributed by atoms with Crippen LogP contribution in [-0.4, -0.2) is 36.8 Å². The summed E-state index contributed by atoms with van der Waals surface area (Å²) in [6.45, 7) is 5.93. The lowest BCUT2D eigenvalue weighted by atomic mass is 9.98. The summed E-state index contributed by atoms with van der Waals surface area (Å²) in [5, 5.41) is 6.48. The lowest BCUT2D eigenvalue weighted by molar-refractivity contribution is -0.122. The number of nitrogens with two attached hydrogens (primary N) is 1. The number of benzene rings is 1. The molecule has 5 heteroatoms. The molecule has 1 aromatic carbocycles. The second-order valence-electron chi connectivity index (χ2n) is 5.73. The van der Waals surface area contributed by atoms with Crippen molar-refractivity contribution in [1.82, 2.24) is 10.6 Å². The number of hydrogen-bond acceptors (Lipinski definition) is 4. The van der Waals surface area contributed by atoms with Crippen molar-refractivity contribution in [3.8, 4) is 0 Å². The smallest absolute Gasteiger partial charge is 0.238 e. The molecule has 0 fully saturated rings. The Bertz CT molecular complexity index is 427. The number of thiol groups is 1. The van der Waals surface area contributed by atoms with E-state index < -0.39 is 6.04 Å². The number of amides is 1. The second kappa shape index (κ2) is 10.6. The molecular formula is C17H29N3OS. The summed E-state index contributed by atoms with van der Waals surface area (Å²) in [6.07, 6.45) is 2.00. The van der Waals surface area contributed by atoms with Crippen LogP contribution in [0.2, 0.25) is 0 Å². The van der Waals surface area contributed by atoms with E-state index in [9.17, 15) is 4.79 Å². The fourth-order valence-corrected chi connectivity index (χ4v) is 2.35. The molecule has 0 saturated carbocycles. The van der Waals surface area contributed by atoms with Crippen LogP contribution in [-0.2, 0) is 11.2 Å². The maximum Gasteiger partial charge on any atom is 0.238 e. The third-order valence-electron chi connectivity index (χ3n) is 3.99. The fraction of sp³-hybridized carbons (Fsp3) is 0.588. The Hall–Kier alpha value is -1.04. The van der Waals surface area contributed by atoms with Crippen LogP contribution in [0, 0.1) is 5.92 Å². The second-order valence-corrected chi connectivity index (χ2v) is 6.09. The molecule has 0 radical (unpaired) electrons. The van der Waals surface area contributed by atoms with Gasteiger partial charge in [0.25, 0.3) is 0 Å². The molecule has 4 nitrogen and oxygen atoms in total. The standard InChI is InChI=1S/C17H29N3OS/c1-3-13(2)16(20-17(21)15(18)12-22)11-19-10-9-14-7-5-4-6-8-14/h4-8,13,15-16,19,22H,3,9-12,18H2,1-2H3,(H,20,21)/t13-,15-,16?/m0/s1. The van der Waals surface area contributed by atoms with Gasteiger partial charge in [0, 0.05) is 18.3 Å². The van der Waals surface area contributed by atoms with E-state index >= 15 is 0 Å². The molecule has 0 aromatic heterocycles. The average Bonchev–Trinajstić information content (AvgIpc) is 2.56. The van der Waals surface area contributed by atoms with Crippen LogP contribution in [0.5, 0.6) is 0 Å². The average molecular weight is 324 g/mol. The Balaban J connectivity index is 2.39. The van der Waals surface area contributed by atoms with E-state index in [2.05, 4.69) is 61.4 Å². The third-order valence-corrected chi connectivity index (χ3v) is 4.38. The number of hydrogen-bond donors (Lipinski definition) is 4. The van der Waals surface area contributed by atoms with Gasteiger partial charge in [0.15, 0.2) is 0 Å². The van der Waals surface area contributed by atoms with Crippen molar-refractivity contribution in [3.63, 3.8) is 0 Å². The molecule has 0 spiro atoms. The van der Waals surface area contributed by atoms with Gasteiger partial charge in [-0.05, 0) is 24.4 Å². The van der Waals surface area contributed by atoms with E-state index in [4.69, 9.17) is 5.73 Å². The summed E-state index contributed by atoms with van der Waals surface area (Å²) < 4.78 is 0. The van der Waals surface area contributed by atoms with E-state index in [-0.39, 0.29) is 11.9 Å². The van der Waals surface area contributed by atoms with E-state index in [1.165, 1.54) is 5.56 Å². The topological polar surface area (TPSA) is 67.1 Å². The highest BCUT2D eigenvalue weighted by Gasteiger charge is 2.20. The molecule has 22 heavy (non-hydrogen) atoms. The van der Waals surface area contributed by atoms with Gasteiger partial charge >= 0.3 is 0 Å². The van der Waals surface area contributed by atoms with Crippen molar-refractivity contribution in [2.75, 3.05) is 18.8 Å². The molecule has 0 aliphatic heterocycles. The summed E-state index contributed by atoms with van der Waals surface area (Å²) in [6, 6.07) is 9.93. The maximum absolute atomic E-state index is 11.9. The molecule has 0 bridgehead atoms. The minimum atomic E-state index is -0.542. The summed E-state index contributed by atoms with van der Waals surface area (Å²) in [5.74, 6) is 0.644. The minimum absolute atomic E-state index is 0.0965. The third kappa shape index (κ3) is 6.81. The predicted octanol–water partition coefficient (Wildman–Crippen LogP) is 1.61. The molecule has 0 aliphatic carbocycles. The SMILES string of the molecule is CC[C@H](C)C(CNCCc1ccccc1)NC(=O)[C@@H](N)CS. The molecule has 0 saturated heterocycles. The van der Waals surface area contributed by atoms with Crippen LogP contribution < -0.4 is 16.4 Å². The summed E-state index contributed by atoms with van der Waals surface area (Å²) in [5.41, 5.74) is 7.04. The molecule has 1 amide bonds. The molecule has 1 unspecified atom stereocenters. The molecule has 3 atom stereocenters. The number of rotatable bonds is 10. The molecule has 4 N–H and O–H groups in total. The van der Waals surface area contributed by atoms with Gasteiger partial charge in [0.2, 0.25) is 5.91 Å². The highest BCUT2D eigenvalue weighted by molar-refractivity contribution is 7.80. The zero-order valence-electron chi connectivity index (χ0n) is 13.6. The first-order valence-electron chi connectivity index (χ1n) is 7.99. The first-order valence-corrected chi connectivity index (χ1v) is 8.63. The van der Waals surface area contributed by atoms with Gasteiger partial charge in [-0.15, -0.1) is 0 Å². The van der Waals surface area contributed by atoms with Crippen LogP contribution in [0.15, 0.2) is 30.3 Å². The van der Waals surface area contributed by atoms with E-state index in [1.807, 2.05) is 6.07 Å². The van der Waals surface area contributed by atoms with Crippen LogP contribution in [0.4, 0.5) is 0 Å². The summed E-state index contributed by atoms with van der Waals surface area (Å²) >= 11 is 4.08. The minimum Gasteiger partial charge on any atom is -0.350 e. The zero-order valence-corrected chi connectivity index (χ0v) is 14.5. The normalized spacial score (nSPS) is 15.1. The molecule has 1 rings (SSSR count). The highest BCUT2D eigenvalue weighted by Crippen LogP contribution is 2.07. The van der Waals surface area contributed by atoms with Gasteiger partial charge < -0.3 is 16.4 Å². The molecule has 0 aliphatic rings. The van der Waals surface area contributed by atoms with Crippen molar-refractivity contribution in [2.45, 2.75) is 38.8 Å². The van der Waals surface area contributed by atoms with Gasteiger partial charge in [0.05, 0.1) is 6.04 Å². The first-order chi connectivity index (χ1) is 10.6. The predicted molar refractivity (Wildman–Crippen MR) is 96.2 cm³/mol.